The first kappa shape index (κ1) is 23.2. The fraction of sp³-hybridized carbons (Fsp3) is 0.333. The number of carbonyl (C=O) groups excluding carboxylic acids is 1. The van der Waals surface area contributed by atoms with Crippen molar-refractivity contribution in [2.24, 2.45) is 10.9 Å². The van der Waals surface area contributed by atoms with Gasteiger partial charge < -0.3 is 9.30 Å². The summed E-state index contributed by atoms with van der Waals surface area (Å²) in [6.45, 7) is 4.79. The fourth-order valence-corrected chi connectivity index (χ4v) is 7.92. The van der Waals surface area contributed by atoms with Gasteiger partial charge in [-0.1, -0.05) is 29.0 Å². The lowest BCUT2D eigenvalue weighted by Gasteiger charge is -2.29. The molecule has 0 N–H and O–H groups in total. The molecular weight excluding hydrogens is 490 g/mol. The highest BCUT2D eigenvalue weighted by atomic mass is 35.5. The summed E-state index contributed by atoms with van der Waals surface area (Å²) < 4.78 is 36.0. The topological polar surface area (TPSA) is 81.0 Å². The number of halogens is 1. The van der Waals surface area contributed by atoms with Crippen molar-refractivity contribution in [2.45, 2.75) is 23.6 Å². The van der Waals surface area contributed by atoms with Gasteiger partial charge in [-0.25, -0.2) is 8.42 Å². The minimum atomic E-state index is -3.68. The summed E-state index contributed by atoms with van der Waals surface area (Å²) >= 11 is 8.33. The number of methoxy groups -OCH3 is 1. The molecule has 0 spiro atoms. The van der Waals surface area contributed by atoms with E-state index in [0.717, 1.165) is 27.3 Å². The van der Waals surface area contributed by atoms with Crippen LogP contribution in [0.25, 0.3) is 10.2 Å². The van der Waals surface area contributed by atoms with E-state index < -0.39 is 15.9 Å². The van der Waals surface area contributed by atoms with Crippen LogP contribution in [0.3, 0.4) is 0 Å². The zero-order valence-corrected chi connectivity index (χ0v) is 20.6. The summed E-state index contributed by atoms with van der Waals surface area (Å²) in [7, 11) is -2.08. The minimum Gasteiger partial charge on any atom is -0.497 e. The summed E-state index contributed by atoms with van der Waals surface area (Å²) in [5, 5.41) is 0. The molecule has 1 atom stereocenters. The summed E-state index contributed by atoms with van der Waals surface area (Å²) in [5.74, 6) is -0.0828. The second kappa shape index (κ2) is 9.48. The fourth-order valence-electron chi connectivity index (χ4n) is 3.68. The van der Waals surface area contributed by atoms with Crippen LogP contribution >= 0.6 is 34.3 Å². The van der Waals surface area contributed by atoms with Gasteiger partial charge in [-0.3, -0.25) is 4.79 Å². The molecule has 1 aliphatic rings. The van der Waals surface area contributed by atoms with E-state index in [0.29, 0.717) is 35.1 Å². The Kier molecular flexibility index (Phi) is 6.87. The number of benzene rings is 1. The second-order valence-corrected chi connectivity index (χ2v) is 12.2. The van der Waals surface area contributed by atoms with Gasteiger partial charge in [-0.2, -0.15) is 9.30 Å². The smallest absolute Gasteiger partial charge is 0.252 e. The van der Waals surface area contributed by atoms with E-state index in [9.17, 15) is 13.2 Å². The average Bonchev–Trinajstić information content (AvgIpc) is 3.37. The highest BCUT2D eigenvalue weighted by molar-refractivity contribution is 7.91. The molecule has 3 heterocycles. The van der Waals surface area contributed by atoms with Crippen LogP contribution in [0, 0.1) is 5.92 Å². The van der Waals surface area contributed by atoms with Crippen molar-refractivity contribution in [1.29, 1.82) is 0 Å². The van der Waals surface area contributed by atoms with Crippen molar-refractivity contribution in [3.63, 3.8) is 0 Å². The number of nitrogens with zero attached hydrogens (tertiary/aromatic N) is 3. The summed E-state index contributed by atoms with van der Waals surface area (Å²) in [6.07, 6.45) is 2.95. The molecule has 1 aliphatic heterocycles. The number of ether oxygens (including phenoxy) is 1. The van der Waals surface area contributed by atoms with E-state index in [4.69, 9.17) is 16.3 Å². The van der Waals surface area contributed by atoms with Gasteiger partial charge in [0, 0.05) is 19.6 Å². The molecule has 7 nitrogen and oxygen atoms in total. The van der Waals surface area contributed by atoms with E-state index in [-0.39, 0.29) is 16.7 Å². The van der Waals surface area contributed by atoms with E-state index >= 15 is 0 Å². The summed E-state index contributed by atoms with van der Waals surface area (Å²) in [6, 6.07) is 8.77. The quantitative estimate of drug-likeness (QED) is 0.466. The lowest BCUT2D eigenvalue weighted by Crippen LogP contribution is -2.42. The maximum absolute atomic E-state index is 13.1. The predicted octanol–water partition coefficient (Wildman–Crippen LogP) is 4.14. The van der Waals surface area contributed by atoms with Crippen molar-refractivity contribution in [1.82, 2.24) is 8.87 Å². The molecule has 4 rings (SSSR count). The van der Waals surface area contributed by atoms with E-state index in [1.807, 2.05) is 22.8 Å². The van der Waals surface area contributed by atoms with Crippen LogP contribution < -0.4 is 9.54 Å². The molecule has 1 unspecified atom stereocenters. The van der Waals surface area contributed by atoms with Gasteiger partial charge in [0.1, 0.15) is 9.96 Å². The Balaban J connectivity index is 1.63. The molecule has 32 heavy (non-hydrogen) atoms. The Hall–Kier alpha value is -1.98. The molecule has 11 heteroatoms. The Morgan fingerprint density at radius 2 is 2.16 bits per heavy atom. The Bertz CT molecular complexity index is 1340. The molecule has 170 valence electrons. The second-order valence-electron chi connectivity index (χ2n) is 7.33. The number of thiazole rings is 1. The van der Waals surface area contributed by atoms with Gasteiger partial charge >= 0.3 is 0 Å². The highest BCUT2D eigenvalue weighted by Gasteiger charge is 2.34. The molecular formula is C21H22ClN3O4S3. The third kappa shape index (κ3) is 4.55. The monoisotopic (exact) mass is 511 g/mol. The SMILES string of the molecule is C=CCn1c(=NC(=O)C2CCCN(S(=O)(=O)c3ccc(Cl)s3)C2)sc2cc(OC)ccc21. The molecule has 2 aromatic heterocycles. The molecule has 0 bridgehead atoms. The van der Waals surface area contributed by atoms with Gasteiger partial charge in [0.2, 0.25) is 0 Å². The Morgan fingerprint density at radius 3 is 2.84 bits per heavy atom. The van der Waals surface area contributed by atoms with Gasteiger partial charge in [0.05, 0.1) is 27.6 Å². The molecule has 1 aromatic carbocycles. The number of allylic oxidation sites excluding steroid dienone is 1. The van der Waals surface area contributed by atoms with Crippen LogP contribution in [-0.4, -0.2) is 43.4 Å². The number of carbonyl (C=O) groups is 1. The lowest BCUT2D eigenvalue weighted by atomic mass is 9.99. The maximum atomic E-state index is 13.1. The number of rotatable bonds is 6. The molecule has 0 radical (unpaired) electrons. The first-order valence-corrected chi connectivity index (χ1v) is 13.4. The first-order valence-electron chi connectivity index (χ1n) is 9.96. The van der Waals surface area contributed by atoms with Crippen molar-refractivity contribution in [2.75, 3.05) is 20.2 Å². The zero-order chi connectivity index (χ0) is 22.9. The summed E-state index contributed by atoms with van der Waals surface area (Å²) in [5.41, 5.74) is 0.935. The number of aromatic nitrogens is 1. The van der Waals surface area contributed by atoms with Crippen molar-refractivity contribution in [3.05, 3.63) is 52.1 Å². The van der Waals surface area contributed by atoms with Crippen molar-refractivity contribution < 1.29 is 17.9 Å². The van der Waals surface area contributed by atoms with E-state index in [2.05, 4.69) is 11.6 Å². The third-order valence-electron chi connectivity index (χ3n) is 5.28. The number of hydrogen-bond acceptors (Lipinski definition) is 6. The highest BCUT2D eigenvalue weighted by Crippen LogP contribution is 2.31. The molecule has 0 aliphatic carbocycles. The maximum Gasteiger partial charge on any atom is 0.252 e. The Morgan fingerprint density at radius 1 is 1.34 bits per heavy atom. The number of amides is 1. The third-order valence-corrected chi connectivity index (χ3v) is 9.89. The van der Waals surface area contributed by atoms with Crippen LogP contribution in [0.1, 0.15) is 12.8 Å². The molecule has 1 saturated heterocycles. The normalized spacial score (nSPS) is 18.2. The number of thiophene rings is 1. The zero-order valence-electron chi connectivity index (χ0n) is 17.4. The average molecular weight is 512 g/mol. The number of hydrogen-bond donors (Lipinski definition) is 0. The van der Waals surface area contributed by atoms with E-state index in [1.54, 1.807) is 19.3 Å². The standard InChI is InChI=1S/C21H22ClN3O4S3/c1-3-10-25-16-7-6-15(29-2)12-17(16)30-21(25)23-20(26)14-5-4-11-24(13-14)32(27,28)19-9-8-18(22)31-19/h3,6-9,12,14H,1,4-5,10-11,13H2,2H3. The lowest BCUT2D eigenvalue weighted by molar-refractivity contribution is -0.122. The van der Waals surface area contributed by atoms with Crippen molar-refractivity contribution >= 4 is 60.4 Å². The Labute approximate surface area is 199 Å². The minimum absolute atomic E-state index is 0.111. The van der Waals surface area contributed by atoms with Gasteiger partial charge in [0.15, 0.2) is 4.80 Å². The predicted molar refractivity (Wildman–Crippen MR) is 128 cm³/mol. The van der Waals surface area contributed by atoms with E-state index in [1.165, 1.54) is 21.7 Å². The van der Waals surface area contributed by atoms with Crippen LogP contribution in [-0.2, 0) is 21.4 Å². The molecule has 3 aromatic rings. The van der Waals surface area contributed by atoms with Crippen LogP contribution in [0.15, 0.2) is 52.2 Å². The number of fused-ring (bicyclic) bond motifs is 1. The number of piperidine rings is 1. The van der Waals surface area contributed by atoms with Crippen LogP contribution in [0.2, 0.25) is 4.34 Å². The van der Waals surface area contributed by atoms with Gasteiger partial charge in [0.25, 0.3) is 15.9 Å². The van der Waals surface area contributed by atoms with Crippen molar-refractivity contribution in [3.8, 4) is 5.75 Å². The number of sulfonamides is 1. The first-order chi connectivity index (χ1) is 15.3. The molecule has 1 amide bonds. The molecule has 1 fully saturated rings. The van der Waals surface area contributed by atoms with Crippen LogP contribution in [0.5, 0.6) is 5.75 Å². The van der Waals surface area contributed by atoms with Gasteiger partial charge in [-0.05, 0) is 43.2 Å². The summed E-state index contributed by atoms with van der Waals surface area (Å²) in [4.78, 5) is 18.0. The van der Waals surface area contributed by atoms with Crippen LogP contribution in [0.4, 0.5) is 0 Å². The largest absolute Gasteiger partial charge is 0.497 e. The molecule has 0 saturated carbocycles. The van der Waals surface area contributed by atoms with Gasteiger partial charge in [-0.15, -0.1) is 17.9 Å².